The topological polar surface area (TPSA) is 60.2 Å². The van der Waals surface area contributed by atoms with Gasteiger partial charge in [0.15, 0.2) is 0 Å². The van der Waals surface area contributed by atoms with Crippen molar-refractivity contribution in [1.82, 2.24) is 15.5 Å². The lowest BCUT2D eigenvalue weighted by atomic mass is 10.0. The summed E-state index contributed by atoms with van der Waals surface area (Å²) in [5.74, 6) is 1.91. The van der Waals surface area contributed by atoms with Gasteiger partial charge >= 0.3 is 0 Å². The first kappa shape index (κ1) is 12.5. The van der Waals surface area contributed by atoms with Crippen LogP contribution in [0, 0.1) is 0 Å². The second-order valence-corrected chi connectivity index (χ2v) is 4.78. The van der Waals surface area contributed by atoms with Crippen LogP contribution in [0.1, 0.15) is 44.4 Å². The van der Waals surface area contributed by atoms with E-state index < -0.39 is 0 Å². The van der Waals surface area contributed by atoms with E-state index in [2.05, 4.69) is 29.4 Å². The Morgan fingerprint density at radius 3 is 2.76 bits per heavy atom. The largest absolute Gasteiger partial charge is 0.425 e. The molecule has 0 bridgehead atoms. The van der Waals surface area contributed by atoms with Crippen molar-refractivity contribution in [2.75, 3.05) is 19.8 Å². The Kier molecular flexibility index (Phi) is 4.50. The zero-order valence-corrected chi connectivity index (χ0v) is 10.6. The van der Waals surface area contributed by atoms with Crippen LogP contribution in [0.5, 0.6) is 0 Å². The summed E-state index contributed by atoms with van der Waals surface area (Å²) >= 11 is 0. The second-order valence-electron chi connectivity index (χ2n) is 4.78. The molecule has 0 aromatic carbocycles. The quantitative estimate of drug-likeness (QED) is 0.844. The summed E-state index contributed by atoms with van der Waals surface area (Å²) in [5, 5.41) is 11.6. The van der Waals surface area contributed by atoms with E-state index in [4.69, 9.17) is 9.15 Å². The first-order valence-corrected chi connectivity index (χ1v) is 6.39. The molecule has 0 aliphatic carbocycles. The third kappa shape index (κ3) is 3.78. The summed E-state index contributed by atoms with van der Waals surface area (Å²) in [6.45, 7) is 6.74. The summed E-state index contributed by atoms with van der Waals surface area (Å²) in [6, 6.07) is 0.493. The maximum absolute atomic E-state index is 5.69. The molecule has 2 heterocycles. The standard InChI is InChI=1S/C12H21N3O2/c1-9(2)13-6-3-11-14-15-12(17-11)10-4-7-16-8-5-10/h9-10,13H,3-8H2,1-2H3. The summed E-state index contributed by atoms with van der Waals surface area (Å²) in [4.78, 5) is 0. The van der Waals surface area contributed by atoms with Crippen molar-refractivity contribution in [3.8, 4) is 0 Å². The van der Waals surface area contributed by atoms with Gasteiger partial charge in [0.2, 0.25) is 11.8 Å². The van der Waals surface area contributed by atoms with Crippen molar-refractivity contribution in [2.45, 2.75) is 45.1 Å². The molecule has 1 aliphatic heterocycles. The normalized spacial score (nSPS) is 17.8. The Morgan fingerprint density at radius 1 is 1.29 bits per heavy atom. The molecule has 0 saturated carbocycles. The average molecular weight is 239 g/mol. The van der Waals surface area contributed by atoms with Crippen LogP contribution >= 0.6 is 0 Å². The summed E-state index contributed by atoms with van der Waals surface area (Å²) < 4.78 is 11.0. The van der Waals surface area contributed by atoms with E-state index in [9.17, 15) is 0 Å². The van der Waals surface area contributed by atoms with E-state index in [1.165, 1.54) is 0 Å². The third-order valence-electron chi connectivity index (χ3n) is 2.94. The fourth-order valence-electron chi connectivity index (χ4n) is 1.94. The smallest absolute Gasteiger partial charge is 0.219 e. The molecule has 1 saturated heterocycles. The summed E-state index contributed by atoms with van der Waals surface area (Å²) in [5.41, 5.74) is 0. The Bertz CT molecular complexity index is 332. The number of nitrogens with zero attached hydrogens (tertiary/aromatic N) is 2. The molecule has 1 N–H and O–H groups in total. The van der Waals surface area contributed by atoms with E-state index in [1.807, 2.05) is 0 Å². The molecular formula is C12H21N3O2. The van der Waals surface area contributed by atoms with Crippen LogP contribution in [0.15, 0.2) is 4.42 Å². The monoisotopic (exact) mass is 239 g/mol. The molecule has 17 heavy (non-hydrogen) atoms. The van der Waals surface area contributed by atoms with E-state index in [0.29, 0.717) is 12.0 Å². The molecule has 0 radical (unpaired) electrons. The van der Waals surface area contributed by atoms with Crippen LogP contribution in [-0.2, 0) is 11.2 Å². The zero-order valence-electron chi connectivity index (χ0n) is 10.6. The Balaban J connectivity index is 1.82. The number of rotatable bonds is 5. The van der Waals surface area contributed by atoms with Gasteiger partial charge in [-0.25, -0.2) is 0 Å². The minimum Gasteiger partial charge on any atom is -0.425 e. The van der Waals surface area contributed by atoms with E-state index in [1.54, 1.807) is 0 Å². The lowest BCUT2D eigenvalue weighted by Gasteiger charge is -2.18. The van der Waals surface area contributed by atoms with Crippen LogP contribution in [0.4, 0.5) is 0 Å². The molecule has 1 fully saturated rings. The minimum absolute atomic E-state index is 0.392. The van der Waals surface area contributed by atoms with Crippen LogP contribution < -0.4 is 5.32 Å². The highest BCUT2D eigenvalue weighted by Crippen LogP contribution is 2.25. The zero-order chi connectivity index (χ0) is 12.1. The highest BCUT2D eigenvalue weighted by molar-refractivity contribution is 4.93. The SMILES string of the molecule is CC(C)NCCc1nnc(C2CCOCC2)o1. The third-order valence-corrected chi connectivity index (χ3v) is 2.94. The van der Waals surface area contributed by atoms with Crippen LogP contribution in [0.25, 0.3) is 0 Å². The first-order valence-electron chi connectivity index (χ1n) is 6.39. The lowest BCUT2D eigenvalue weighted by Crippen LogP contribution is -2.25. The molecule has 0 unspecified atom stereocenters. The average Bonchev–Trinajstić information content (AvgIpc) is 2.78. The molecule has 0 spiro atoms. The van der Waals surface area contributed by atoms with E-state index in [-0.39, 0.29) is 0 Å². The van der Waals surface area contributed by atoms with Crippen LogP contribution in [0.3, 0.4) is 0 Å². The van der Waals surface area contributed by atoms with E-state index in [0.717, 1.165) is 50.8 Å². The number of nitrogens with one attached hydrogen (secondary N) is 1. The van der Waals surface area contributed by atoms with Gasteiger partial charge in [-0.15, -0.1) is 10.2 Å². The Morgan fingerprint density at radius 2 is 2.06 bits per heavy atom. The maximum Gasteiger partial charge on any atom is 0.219 e. The van der Waals surface area contributed by atoms with Crippen LogP contribution in [-0.4, -0.2) is 36.0 Å². The number of aromatic nitrogens is 2. The van der Waals surface area contributed by atoms with E-state index >= 15 is 0 Å². The summed E-state index contributed by atoms with van der Waals surface area (Å²) in [7, 11) is 0. The molecule has 1 aromatic rings. The maximum atomic E-state index is 5.69. The molecule has 2 rings (SSSR count). The van der Waals surface area contributed by atoms with Gasteiger partial charge in [-0.1, -0.05) is 13.8 Å². The highest BCUT2D eigenvalue weighted by Gasteiger charge is 2.21. The predicted molar refractivity (Wildman–Crippen MR) is 63.9 cm³/mol. The van der Waals surface area contributed by atoms with Crippen molar-refractivity contribution >= 4 is 0 Å². The number of hydrogen-bond acceptors (Lipinski definition) is 5. The molecule has 1 aromatic heterocycles. The minimum atomic E-state index is 0.392. The predicted octanol–water partition coefficient (Wildman–Crippen LogP) is 1.50. The van der Waals surface area contributed by atoms with Crippen LogP contribution in [0.2, 0.25) is 0 Å². The van der Waals surface area contributed by atoms with Gasteiger partial charge < -0.3 is 14.5 Å². The molecule has 96 valence electrons. The Labute approximate surface area is 102 Å². The summed E-state index contributed by atoms with van der Waals surface area (Å²) in [6.07, 6.45) is 2.78. The van der Waals surface area contributed by atoms with Crippen molar-refractivity contribution in [3.63, 3.8) is 0 Å². The molecule has 0 atom stereocenters. The Hall–Kier alpha value is -0.940. The lowest BCUT2D eigenvalue weighted by molar-refractivity contribution is 0.0791. The second kappa shape index (κ2) is 6.12. The van der Waals surface area contributed by atoms with Gasteiger partial charge in [-0.3, -0.25) is 0 Å². The first-order chi connectivity index (χ1) is 8.25. The number of ether oxygens (including phenoxy) is 1. The highest BCUT2D eigenvalue weighted by atomic mass is 16.5. The van der Waals surface area contributed by atoms with Crippen molar-refractivity contribution in [1.29, 1.82) is 0 Å². The van der Waals surface area contributed by atoms with Crippen molar-refractivity contribution in [2.24, 2.45) is 0 Å². The molecule has 0 amide bonds. The van der Waals surface area contributed by atoms with Crippen molar-refractivity contribution in [3.05, 3.63) is 11.8 Å². The van der Waals surface area contributed by atoms with Crippen molar-refractivity contribution < 1.29 is 9.15 Å². The van der Waals surface area contributed by atoms with Gasteiger partial charge in [0.1, 0.15) is 0 Å². The molecule has 5 nitrogen and oxygen atoms in total. The molecular weight excluding hydrogens is 218 g/mol. The van der Waals surface area contributed by atoms with Gasteiger partial charge in [0, 0.05) is 38.1 Å². The molecule has 5 heteroatoms. The number of hydrogen-bond donors (Lipinski definition) is 1. The fourth-order valence-corrected chi connectivity index (χ4v) is 1.94. The molecule has 1 aliphatic rings. The fraction of sp³-hybridized carbons (Fsp3) is 0.833. The van der Waals surface area contributed by atoms with Gasteiger partial charge in [-0.2, -0.15) is 0 Å². The van der Waals surface area contributed by atoms with Gasteiger partial charge in [-0.05, 0) is 12.8 Å². The van der Waals surface area contributed by atoms with Gasteiger partial charge in [0.05, 0.1) is 0 Å². The van der Waals surface area contributed by atoms with Gasteiger partial charge in [0.25, 0.3) is 0 Å².